The van der Waals surface area contributed by atoms with Crippen LogP contribution in [0, 0.1) is 4.64 Å². The van der Waals surface area contributed by atoms with E-state index in [4.69, 9.17) is 12.2 Å². The Balaban J connectivity index is 2.39. The number of rotatable bonds is 1. The summed E-state index contributed by atoms with van der Waals surface area (Å²) in [6.45, 7) is 0. The van der Waals surface area contributed by atoms with Gasteiger partial charge in [0, 0.05) is 11.8 Å². The molecule has 0 saturated heterocycles. The van der Waals surface area contributed by atoms with Crippen LogP contribution in [0.5, 0.6) is 0 Å². The molecule has 2 aromatic carbocycles. The highest BCUT2D eigenvalue weighted by atomic mass is 32.1. The molecule has 17 heavy (non-hydrogen) atoms. The summed E-state index contributed by atoms with van der Waals surface area (Å²) in [6.07, 6.45) is 3.41. The van der Waals surface area contributed by atoms with E-state index in [1.807, 2.05) is 18.2 Å². The molecule has 0 bridgehead atoms. The van der Waals surface area contributed by atoms with Crippen molar-refractivity contribution in [3.63, 3.8) is 0 Å². The molecule has 82 valence electrons. The van der Waals surface area contributed by atoms with Gasteiger partial charge in [0.25, 0.3) is 0 Å². The van der Waals surface area contributed by atoms with E-state index in [9.17, 15) is 0 Å². The van der Waals surface area contributed by atoms with Crippen molar-refractivity contribution >= 4 is 23.0 Å². The lowest BCUT2D eigenvalue weighted by Crippen LogP contribution is -1.86. The Morgan fingerprint density at radius 2 is 1.76 bits per heavy atom. The average molecular weight is 238 g/mol. The third-order valence-electron chi connectivity index (χ3n) is 2.80. The predicted octanol–water partition coefficient (Wildman–Crippen LogP) is 3.96. The lowest BCUT2D eigenvalue weighted by molar-refractivity contribution is 1.15. The minimum absolute atomic E-state index is 0.719. The number of benzene rings is 2. The standard InChI is InChI=1S/C14H10N2S/c17-14-13(8-15-9-16-14)12-7-3-5-10-4-1-2-6-11(10)12/h1-9H,(H,15,16,17). The fourth-order valence-corrected chi connectivity index (χ4v) is 2.21. The van der Waals surface area contributed by atoms with Crippen LogP contribution in [0.15, 0.2) is 55.0 Å². The Morgan fingerprint density at radius 1 is 0.941 bits per heavy atom. The summed E-state index contributed by atoms with van der Waals surface area (Å²) >= 11 is 5.30. The Morgan fingerprint density at radius 3 is 2.65 bits per heavy atom. The Hall–Kier alpha value is -2.00. The number of aromatic amines is 1. The monoisotopic (exact) mass is 238 g/mol. The number of hydrogen-bond acceptors (Lipinski definition) is 2. The largest absolute Gasteiger partial charge is 0.337 e. The first kappa shape index (κ1) is 10.2. The minimum atomic E-state index is 0.719. The van der Waals surface area contributed by atoms with Crippen molar-refractivity contribution in [1.29, 1.82) is 0 Å². The van der Waals surface area contributed by atoms with Gasteiger partial charge in [-0.15, -0.1) is 0 Å². The zero-order valence-corrected chi connectivity index (χ0v) is 9.87. The second kappa shape index (κ2) is 4.11. The Kier molecular flexibility index (Phi) is 2.46. The molecule has 0 spiro atoms. The maximum absolute atomic E-state index is 5.30. The molecule has 0 saturated carbocycles. The molecule has 1 aromatic heterocycles. The van der Waals surface area contributed by atoms with Crippen molar-refractivity contribution in [2.45, 2.75) is 0 Å². The summed E-state index contributed by atoms with van der Waals surface area (Å²) in [5.41, 5.74) is 2.09. The second-order valence-corrected chi connectivity index (χ2v) is 4.23. The first-order valence-corrected chi connectivity index (χ1v) is 5.78. The van der Waals surface area contributed by atoms with Crippen molar-refractivity contribution < 1.29 is 0 Å². The summed E-state index contributed by atoms with van der Waals surface area (Å²) in [7, 11) is 0. The van der Waals surface area contributed by atoms with E-state index < -0.39 is 0 Å². The third kappa shape index (κ3) is 1.74. The maximum Gasteiger partial charge on any atom is 0.113 e. The summed E-state index contributed by atoms with van der Waals surface area (Å²) in [5, 5.41) is 2.41. The summed E-state index contributed by atoms with van der Waals surface area (Å²) < 4.78 is 0.719. The van der Waals surface area contributed by atoms with Gasteiger partial charge in [-0.05, 0) is 16.3 Å². The van der Waals surface area contributed by atoms with Crippen LogP contribution in [0.2, 0.25) is 0 Å². The van der Waals surface area contributed by atoms with Gasteiger partial charge < -0.3 is 4.98 Å². The van der Waals surface area contributed by atoms with Crippen LogP contribution in [-0.2, 0) is 0 Å². The Labute approximate surface area is 104 Å². The molecule has 1 N–H and O–H groups in total. The van der Waals surface area contributed by atoms with E-state index in [-0.39, 0.29) is 0 Å². The molecule has 3 aromatic rings. The highest BCUT2D eigenvalue weighted by Crippen LogP contribution is 2.27. The minimum Gasteiger partial charge on any atom is -0.337 e. The molecule has 0 aliphatic heterocycles. The second-order valence-electron chi connectivity index (χ2n) is 3.82. The third-order valence-corrected chi connectivity index (χ3v) is 3.14. The van der Waals surface area contributed by atoms with E-state index >= 15 is 0 Å². The van der Waals surface area contributed by atoms with Gasteiger partial charge in [-0.2, -0.15) is 0 Å². The molecule has 0 amide bonds. The molecule has 0 aliphatic rings. The van der Waals surface area contributed by atoms with Crippen LogP contribution in [0.3, 0.4) is 0 Å². The number of H-pyrrole nitrogens is 1. The lowest BCUT2D eigenvalue weighted by atomic mass is 10.0. The molecule has 0 aliphatic carbocycles. The van der Waals surface area contributed by atoms with Gasteiger partial charge >= 0.3 is 0 Å². The SMILES string of the molecule is S=c1[nH]cncc1-c1cccc2ccccc12. The number of nitrogens with one attached hydrogen (secondary N) is 1. The van der Waals surface area contributed by atoms with Crippen LogP contribution in [-0.4, -0.2) is 9.97 Å². The van der Waals surface area contributed by atoms with Gasteiger partial charge in [0.1, 0.15) is 4.64 Å². The number of fused-ring (bicyclic) bond motifs is 1. The number of aromatic nitrogens is 2. The summed E-state index contributed by atoms with van der Waals surface area (Å²) in [5.74, 6) is 0. The van der Waals surface area contributed by atoms with Gasteiger partial charge in [-0.1, -0.05) is 54.7 Å². The van der Waals surface area contributed by atoms with Crippen molar-refractivity contribution in [1.82, 2.24) is 9.97 Å². The van der Waals surface area contributed by atoms with Gasteiger partial charge in [0.2, 0.25) is 0 Å². The van der Waals surface area contributed by atoms with Crippen molar-refractivity contribution in [2.24, 2.45) is 0 Å². The fourth-order valence-electron chi connectivity index (χ4n) is 2.00. The molecule has 0 unspecified atom stereocenters. The highest BCUT2D eigenvalue weighted by molar-refractivity contribution is 7.71. The first-order valence-electron chi connectivity index (χ1n) is 5.37. The van der Waals surface area contributed by atoms with Crippen LogP contribution < -0.4 is 0 Å². The lowest BCUT2D eigenvalue weighted by Gasteiger charge is -2.05. The smallest absolute Gasteiger partial charge is 0.113 e. The normalized spacial score (nSPS) is 10.6. The number of hydrogen-bond donors (Lipinski definition) is 1. The molecule has 0 fully saturated rings. The van der Waals surface area contributed by atoms with E-state index in [2.05, 4.69) is 34.2 Å². The Bertz CT molecular complexity index is 726. The molecule has 2 nitrogen and oxygen atoms in total. The van der Waals surface area contributed by atoms with Gasteiger partial charge in [-0.3, -0.25) is 0 Å². The zero-order valence-electron chi connectivity index (χ0n) is 9.05. The highest BCUT2D eigenvalue weighted by Gasteiger charge is 2.04. The van der Waals surface area contributed by atoms with E-state index in [1.54, 1.807) is 12.5 Å². The average Bonchev–Trinajstić information content (AvgIpc) is 2.39. The molecule has 0 atom stereocenters. The zero-order chi connectivity index (χ0) is 11.7. The molecule has 1 heterocycles. The topological polar surface area (TPSA) is 28.7 Å². The van der Waals surface area contributed by atoms with Crippen LogP contribution in [0.25, 0.3) is 21.9 Å². The molecule has 3 rings (SSSR count). The van der Waals surface area contributed by atoms with Crippen molar-refractivity contribution in [3.8, 4) is 11.1 Å². The maximum atomic E-state index is 5.30. The molecular formula is C14H10N2S. The first-order chi connectivity index (χ1) is 8.36. The predicted molar refractivity (Wildman–Crippen MR) is 72.4 cm³/mol. The summed E-state index contributed by atoms with van der Waals surface area (Å²) in [6, 6.07) is 14.5. The van der Waals surface area contributed by atoms with Crippen molar-refractivity contribution in [3.05, 3.63) is 59.6 Å². The van der Waals surface area contributed by atoms with Crippen LogP contribution >= 0.6 is 12.2 Å². The molecule has 0 radical (unpaired) electrons. The van der Waals surface area contributed by atoms with Gasteiger partial charge in [-0.25, -0.2) is 4.98 Å². The quantitative estimate of drug-likeness (QED) is 0.650. The molecular weight excluding hydrogens is 228 g/mol. The van der Waals surface area contributed by atoms with E-state index in [1.165, 1.54) is 10.8 Å². The van der Waals surface area contributed by atoms with E-state index in [0.717, 1.165) is 15.8 Å². The van der Waals surface area contributed by atoms with Crippen molar-refractivity contribution in [2.75, 3.05) is 0 Å². The van der Waals surface area contributed by atoms with Gasteiger partial charge in [0.05, 0.1) is 6.33 Å². The van der Waals surface area contributed by atoms with E-state index in [0.29, 0.717) is 0 Å². The van der Waals surface area contributed by atoms with Gasteiger partial charge in [0.15, 0.2) is 0 Å². The fraction of sp³-hybridized carbons (Fsp3) is 0. The molecule has 3 heteroatoms. The summed E-state index contributed by atoms with van der Waals surface area (Å²) in [4.78, 5) is 7.07. The van der Waals surface area contributed by atoms with Crippen LogP contribution in [0.4, 0.5) is 0 Å². The number of nitrogens with zero attached hydrogens (tertiary/aromatic N) is 1. The van der Waals surface area contributed by atoms with Crippen LogP contribution in [0.1, 0.15) is 0 Å².